The zero-order valence-electron chi connectivity index (χ0n) is 20.0. The Morgan fingerprint density at radius 2 is 1.21 bits per heavy atom. The van der Waals surface area contributed by atoms with Crippen molar-refractivity contribution in [3.8, 4) is 0 Å². The van der Waals surface area contributed by atoms with Crippen LogP contribution in [0.25, 0.3) is 0 Å². The zero-order valence-corrected chi connectivity index (χ0v) is 20.0. The maximum atomic E-state index is 12.9. The van der Waals surface area contributed by atoms with E-state index in [0.29, 0.717) is 19.3 Å². The number of hydrogen-bond acceptors (Lipinski definition) is 6. The lowest BCUT2D eigenvalue weighted by atomic mass is 9.78. The second-order valence-corrected chi connectivity index (χ2v) is 9.63. The second kappa shape index (κ2) is 11.7. The van der Waals surface area contributed by atoms with Crippen LogP contribution in [0.4, 0.5) is 4.79 Å². The Morgan fingerprint density at radius 1 is 0.765 bits per heavy atom. The molecule has 1 aliphatic carbocycles. The maximum absolute atomic E-state index is 12.9. The van der Waals surface area contributed by atoms with Crippen molar-refractivity contribution in [3.05, 3.63) is 71.8 Å². The van der Waals surface area contributed by atoms with E-state index in [2.05, 4.69) is 5.32 Å². The number of amides is 1. The Hall–Kier alpha value is -3.35. The molecular formula is C27H33NO6. The third-order valence-electron chi connectivity index (χ3n) is 5.54. The normalized spacial score (nSPS) is 20.1. The zero-order chi connectivity index (χ0) is 24.6. The lowest BCUT2D eigenvalue weighted by molar-refractivity contribution is -0.157. The fourth-order valence-corrected chi connectivity index (χ4v) is 3.99. The van der Waals surface area contributed by atoms with Gasteiger partial charge in [0.25, 0.3) is 0 Å². The number of ether oxygens (including phenoxy) is 3. The molecule has 34 heavy (non-hydrogen) atoms. The van der Waals surface area contributed by atoms with E-state index in [1.165, 1.54) is 0 Å². The highest BCUT2D eigenvalue weighted by Gasteiger charge is 2.39. The SMILES string of the molecule is CC(C)(C)OC(=O)NC1C[C@@H](C(=O)OCc2ccccc2)C[C@@H](C(=O)OCc2ccccc2)C1. The molecule has 0 spiro atoms. The summed E-state index contributed by atoms with van der Waals surface area (Å²) in [5, 5.41) is 2.82. The Labute approximate surface area is 200 Å². The van der Waals surface area contributed by atoms with Gasteiger partial charge in [0.05, 0.1) is 11.8 Å². The Bertz CT molecular complexity index is 891. The largest absolute Gasteiger partial charge is 0.461 e. The Kier molecular flexibility index (Phi) is 8.68. The minimum Gasteiger partial charge on any atom is -0.461 e. The van der Waals surface area contributed by atoms with Crippen LogP contribution in [0.3, 0.4) is 0 Å². The van der Waals surface area contributed by atoms with Crippen molar-refractivity contribution in [2.45, 2.75) is 64.9 Å². The molecule has 182 valence electrons. The van der Waals surface area contributed by atoms with E-state index in [1.807, 2.05) is 60.7 Å². The molecule has 1 N–H and O–H groups in total. The highest BCUT2D eigenvalue weighted by Crippen LogP contribution is 2.32. The van der Waals surface area contributed by atoms with Crippen molar-refractivity contribution in [1.29, 1.82) is 0 Å². The maximum Gasteiger partial charge on any atom is 0.407 e. The van der Waals surface area contributed by atoms with E-state index < -0.39 is 29.6 Å². The highest BCUT2D eigenvalue weighted by molar-refractivity contribution is 5.77. The molecule has 1 amide bonds. The van der Waals surface area contributed by atoms with E-state index >= 15 is 0 Å². The molecular weight excluding hydrogens is 434 g/mol. The Balaban J connectivity index is 1.64. The van der Waals surface area contributed by atoms with Crippen LogP contribution in [0.15, 0.2) is 60.7 Å². The fraction of sp³-hybridized carbons (Fsp3) is 0.444. The molecule has 1 saturated carbocycles. The van der Waals surface area contributed by atoms with Crippen LogP contribution in [-0.4, -0.2) is 29.7 Å². The summed E-state index contributed by atoms with van der Waals surface area (Å²) in [4.78, 5) is 38.1. The summed E-state index contributed by atoms with van der Waals surface area (Å²) in [7, 11) is 0. The van der Waals surface area contributed by atoms with Crippen LogP contribution >= 0.6 is 0 Å². The van der Waals surface area contributed by atoms with Crippen LogP contribution in [0.1, 0.15) is 51.2 Å². The number of esters is 2. The second-order valence-electron chi connectivity index (χ2n) is 9.63. The van der Waals surface area contributed by atoms with Crippen molar-refractivity contribution >= 4 is 18.0 Å². The third-order valence-corrected chi connectivity index (χ3v) is 5.54. The average molecular weight is 468 g/mol. The molecule has 0 radical (unpaired) electrons. The van der Waals surface area contributed by atoms with Crippen molar-refractivity contribution in [2.24, 2.45) is 11.8 Å². The minimum atomic E-state index is -0.652. The van der Waals surface area contributed by atoms with Gasteiger partial charge in [-0.2, -0.15) is 0 Å². The van der Waals surface area contributed by atoms with Crippen LogP contribution in [0.5, 0.6) is 0 Å². The van der Waals surface area contributed by atoms with E-state index in [-0.39, 0.29) is 25.2 Å². The van der Waals surface area contributed by atoms with Crippen LogP contribution in [-0.2, 0) is 37.0 Å². The van der Waals surface area contributed by atoms with Gasteiger partial charge in [-0.05, 0) is 51.2 Å². The number of alkyl carbamates (subject to hydrolysis) is 1. The summed E-state index contributed by atoms with van der Waals surface area (Å²) in [6.45, 7) is 5.65. The van der Waals surface area contributed by atoms with Crippen LogP contribution in [0.2, 0.25) is 0 Å². The van der Waals surface area contributed by atoms with Gasteiger partial charge in [0, 0.05) is 6.04 Å². The first-order valence-corrected chi connectivity index (χ1v) is 11.6. The topological polar surface area (TPSA) is 90.9 Å². The molecule has 3 atom stereocenters. The lowest BCUT2D eigenvalue weighted by Crippen LogP contribution is -2.46. The van der Waals surface area contributed by atoms with E-state index in [1.54, 1.807) is 20.8 Å². The molecule has 0 bridgehead atoms. The van der Waals surface area contributed by atoms with Crippen molar-refractivity contribution < 1.29 is 28.6 Å². The number of rotatable bonds is 7. The monoisotopic (exact) mass is 467 g/mol. The number of nitrogens with one attached hydrogen (secondary N) is 1. The smallest absolute Gasteiger partial charge is 0.407 e. The van der Waals surface area contributed by atoms with Crippen LogP contribution in [0, 0.1) is 11.8 Å². The summed E-state index contributed by atoms with van der Waals surface area (Å²) in [6, 6.07) is 18.4. The average Bonchev–Trinajstić information content (AvgIpc) is 2.80. The van der Waals surface area contributed by atoms with Crippen molar-refractivity contribution in [2.75, 3.05) is 0 Å². The summed E-state index contributed by atoms with van der Waals surface area (Å²) in [5.74, 6) is -1.85. The van der Waals surface area contributed by atoms with E-state index in [4.69, 9.17) is 14.2 Å². The molecule has 7 nitrogen and oxygen atoms in total. The molecule has 1 unspecified atom stereocenters. The standard InChI is InChI=1S/C27H33NO6/c1-27(2,3)34-26(31)28-23-15-21(24(29)32-17-19-10-6-4-7-11-19)14-22(16-23)25(30)33-18-20-12-8-5-9-13-20/h4-13,21-23H,14-18H2,1-3H3,(H,28,31)/t21-,22+,23?. The third kappa shape index (κ3) is 8.21. The molecule has 7 heteroatoms. The van der Waals surface area contributed by atoms with Gasteiger partial charge in [-0.3, -0.25) is 9.59 Å². The quantitative estimate of drug-likeness (QED) is 0.465. The van der Waals surface area contributed by atoms with Gasteiger partial charge >= 0.3 is 18.0 Å². The molecule has 3 rings (SSSR count). The first-order valence-electron chi connectivity index (χ1n) is 11.6. The predicted octanol–water partition coefficient (Wildman–Crippen LogP) is 4.78. The summed E-state index contributed by atoms with van der Waals surface area (Å²) in [5.41, 5.74) is 1.11. The first kappa shape index (κ1) is 25.3. The molecule has 0 aliphatic heterocycles. The number of hydrogen-bond donors (Lipinski definition) is 1. The van der Waals surface area contributed by atoms with Gasteiger partial charge in [-0.25, -0.2) is 4.79 Å². The first-order chi connectivity index (χ1) is 16.2. The summed E-state index contributed by atoms with van der Waals surface area (Å²) in [6.07, 6.45) is 0.477. The van der Waals surface area contributed by atoms with Gasteiger partial charge in [-0.15, -0.1) is 0 Å². The van der Waals surface area contributed by atoms with Gasteiger partial charge < -0.3 is 19.5 Å². The van der Waals surface area contributed by atoms with Gasteiger partial charge in [0.2, 0.25) is 0 Å². The number of carbonyl (C=O) groups excluding carboxylic acids is 3. The molecule has 2 aromatic rings. The van der Waals surface area contributed by atoms with Crippen molar-refractivity contribution in [3.63, 3.8) is 0 Å². The molecule has 1 aliphatic rings. The Morgan fingerprint density at radius 3 is 1.62 bits per heavy atom. The molecule has 1 fully saturated rings. The highest BCUT2D eigenvalue weighted by atomic mass is 16.6. The molecule has 2 aromatic carbocycles. The predicted molar refractivity (Wildman–Crippen MR) is 126 cm³/mol. The summed E-state index contributed by atoms with van der Waals surface area (Å²) < 4.78 is 16.4. The molecule has 0 aromatic heterocycles. The number of carbonyl (C=O) groups is 3. The minimum absolute atomic E-state index is 0.156. The van der Waals surface area contributed by atoms with Gasteiger partial charge in [-0.1, -0.05) is 60.7 Å². The molecule has 0 heterocycles. The number of benzene rings is 2. The fourth-order valence-electron chi connectivity index (χ4n) is 3.99. The lowest BCUT2D eigenvalue weighted by Gasteiger charge is -2.33. The van der Waals surface area contributed by atoms with Gasteiger partial charge in [0.15, 0.2) is 0 Å². The van der Waals surface area contributed by atoms with Crippen LogP contribution < -0.4 is 5.32 Å². The van der Waals surface area contributed by atoms with Gasteiger partial charge in [0.1, 0.15) is 18.8 Å². The molecule has 0 saturated heterocycles. The van der Waals surface area contributed by atoms with Crippen molar-refractivity contribution in [1.82, 2.24) is 5.32 Å². The summed E-state index contributed by atoms with van der Waals surface area (Å²) >= 11 is 0. The van der Waals surface area contributed by atoms with E-state index in [0.717, 1.165) is 11.1 Å². The van der Waals surface area contributed by atoms with E-state index in [9.17, 15) is 14.4 Å².